The lowest BCUT2D eigenvalue weighted by atomic mass is 10.0. The van der Waals surface area contributed by atoms with Crippen molar-refractivity contribution in [3.63, 3.8) is 0 Å². The number of aryl methyl sites for hydroxylation is 1. The van der Waals surface area contributed by atoms with E-state index in [2.05, 4.69) is 29.2 Å². The smallest absolute Gasteiger partial charge is 0.410 e. The molecule has 2 aliphatic heterocycles. The SMILES string of the molecule is Cc1ccc(-c2cccc(CN3CCC4(C3)CN(C)C(=O)O4)c2)o1. The molecule has 5 nitrogen and oxygen atoms in total. The summed E-state index contributed by atoms with van der Waals surface area (Å²) >= 11 is 0. The van der Waals surface area contributed by atoms with Crippen LogP contribution in [-0.4, -0.2) is 48.2 Å². The van der Waals surface area contributed by atoms with E-state index in [-0.39, 0.29) is 11.7 Å². The van der Waals surface area contributed by atoms with E-state index in [0.717, 1.165) is 43.1 Å². The molecule has 3 heterocycles. The second kappa shape index (κ2) is 5.67. The van der Waals surface area contributed by atoms with Crippen LogP contribution in [0, 0.1) is 6.92 Å². The van der Waals surface area contributed by atoms with Crippen LogP contribution in [0.25, 0.3) is 11.3 Å². The van der Waals surface area contributed by atoms with E-state index >= 15 is 0 Å². The number of carbonyl (C=O) groups excluding carboxylic acids is 1. The number of ether oxygens (including phenoxy) is 1. The molecule has 2 fully saturated rings. The van der Waals surface area contributed by atoms with Gasteiger partial charge in [0.1, 0.15) is 17.1 Å². The lowest BCUT2D eigenvalue weighted by Crippen LogP contribution is -2.37. The molecular weight excluding hydrogens is 304 g/mol. The van der Waals surface area contributed by atoms with Crippen molar-refractivity contribution in [1.29, 1.82) is 0 Å². The van der Waals surface area contributed by atoms with Crippen molar-refractivity contribution >= 4 is 6.09 Å². The second-order valence-electron chi connectivity index (χ2n) is 6.98. The first-order chi connectivity index (χ1) is 11.5. The number of carbonyl (C=O) groups is 1. The molecule has 0 radical (unpaired) electrons. The van der Waals surface area contributed by atoms with Crippen molar-refractivity contribution in [3.8, 4) is 11.3 Å². The number of furan rings is 1. The minimum absolute atomic E-state index is 0.202. The van der Waals surface area contributed by atoms with E-state index in [1.807, 2.05) is 19.1 Å². The molecule has 5 heteroatoms. The Labute approximate surface area is 141 Å². The summed E-state index contributed by atoms with van der Waals surface area (Å²) in [5.41, 5.74) is 2.03. The molecule has 2 saturated heterocycles. The quantitative estimate of drug-likeness (QED) is 0.868. The Kier molecular flexibility index (Phi) is 3.61. The fraction of sp³-hybridized carbons (Fsp3) is 0.421. The van der Waals surface area contributed by atoms with Gasteiger partial charge < -0.3 is 14.1 Å². The predicted molar refractivity (Wildman–Crippen MR) is 90.6 cm³/mol. The summed E-state index contributed by atoms with van der Waals surface area (Å²) in [6, 6.07) is 12.4. The van der Waals surface area contributed by atoms with Crippen LogP contribution in [0.5, 0.6) is 0 Å². The standard InChI is InChI=1S/C19H22N2O3/c1-14-6-7-17(23-14)16-5-3-4-15(10-16)11-21-9-8-19(13-21)12-20(2)18(22)24-19/h3-7,10H,8-9,11-13H2,1-2H3. The van der Waals surface area contributed by atoms with Gasteiger partial charge in [0, 0.05) is 38.7 Å². The number of hydrogen-bond donors (Lipinski definition) is 0. The Hall–Kier alpha value is -2.27. The molecular formula is C19H22N2O3. The zero-order valence-electron chi connectivity index (χ0n) is 14.1. The summed E-state index contributed by atoms with van der Waals surface area (Å²) < 4.78 is 11.3. The number of likely N-dealkylation sites (tertiary alicyclic amines) is 1. The Morgan fingerprint density at radius 3 is 2.79 bits per heavy atom. The fourth-order valence-corrected chi connectivity index (χ4v) is 3.74. The summed E-state index contributed by atoms with van der Waals surface area (Å²) in [5, 5.41) is 0. The molecule has 2 aromatic rings. The van der Waals surface area contributed by atoms with E-state index < -0.39 is 0 Å². The lowest BCUT2D eigenvalue weighted by molar-refractivity contribution is 0.0627. The van der Waals surface area contributed by atoms with E-state index in [0.29, 0.717) is 6.54 Å². The molecule has 4 rings (SSSR count). The number of nitrogens with zero attached hydrogens (tertiary/aromatic N) is 2. The van der Waals surface area contributed by atoms with Crippen LogP contribution >= 0.6 is 0 Å². The first-order valence-corrected chi connectivity index (χ1v) is 8.35. The average molecular weight is 326 g/mol. The third kappa shape index (κ3) is 2.80. The van der Waals surface area contributed by atoms with Gasteiger partial charge in [0.15, 0.2) is 0 Å². The highest BCUT2D eigenvalue weighted by molar-refractivity contribution is 5.70. The van der Waals surface area contributed by atoms with E-state index in [9.17, 15) is 4.79 Å². The number of hydrogen-bond acceptors (Lipinski definition) is 4. The molecule has 0 saturated carbocycles. The molecule has 1 aromatic heterocycles. The lowest BCUT2D eigenvalue weighted by Gasteiger charge is -2.22. The topological polar surface area (TPSA) is 45.9 Å². The largest absolute Gasteiger partial charge is 0.461 e. The van der Waals surface area contributed by atoms with Gasteiger partial charge in [-0.3, -0.25) is 4.90 Å². The maximum Gasteiger partial charge on any atom is 0.410 e. The van der Waals surface area contributed by atoms with Gasteiger partial charge in [-0.1, -0.05) is 18.2 Å². The maximum atomic E-state index is 11.7. The van der Waals surface area contributed by atoms with Crippen LogP contribution in [0.1, 0.15) is 17.7 Å². The van der Waals surface area contributed by atoms with Gasteiger partial charge in [0.2, 0.25) is 0 Å². The van der Waals surface area contributed by atoms with Gasteiger partial charge in [-0.15, -0.1) is 0 Å². The molecule has 2 aliphatic rings. The Morgan fingerprint density at radius 1 is 1.21 bits per heavy atom. The zero-order valence-corrected chi connectivity index (χ0v) is 14.1. The number of amides is 1. The van der Waals surface area contributed by atoms with Crippen LogP contribution < -0.4 is 0 Å². The number of likely N-dealkylation sites (N-methyl/N-ethyl adjacent to an activating group) is 1. The molecule has 0 bridgehead atoms. The monoisotopic (exact) mass is 326 g/mol. The van der Waals surface area contributed by atoms with Gasteiger partial charge in [-0.2, -0.15) is 0 Å². The van der Waals surface area contributed by atoms with Gasteiger partial charge in [-0.25, -0.2) is 4.79 Å². The molecule has 1 amide bonds. The van der Waals surface area contributed by atoms with Crippen molar-refractivity contribution in [2.75, 3.05) is 26.7 Å². The van der Waals surface area contributed by atoms with Crippen molar-refractivity contribution in [2.24, 2.45) is 0 Å². The third-order valence-corrected chi connectivity index (χ3v) is 4.89. The molecule has 1 unspecified atom stereocenters. The van der Waals surface area contributed by atoms with Gasteiger partial charge in [-0.05, 0) is 30.7 Å². The van der Waals surface area contributed by atoms with Crippen LogP contribution in [0.3, 0.4) is 0 Å². The molecule has 24 heavy (non-hydrogen) atoms. The summed E-state index contributed by atoms with van der Waals surface area (Å²) in [6.45, 7) is 5.25. The van der Waals surface area contributed by atoms with Crippen LogP contribution in [0.4, 0.5) is 4.79 Å². The summed E-state index contributed by atoms with van der Waals surface area (Å²) in [7, 11) is 1.80. The summed E-state index contributed by atoms with van der Waals surface area (Å²) in [4.78, 5) is 15.7. The summed E-state index contributed by atoms with van der Waals surface area (Å²) in [5.74, 6) is 1.82. The first-order valence-electron chi connectivity index (χ1n) is 8.35. The highest BCUT2D eigenvalue weighted by Gasteiger charge is 2.48. The molecule has 0 N–H and O–H groups in total. The Bertz CT molecular complexity index is 769. The van der Waals surface area contributed by atoms with Gasteiger partial charge in [0.25, 0.3) is 0 Å². The van der Waals surface area contributed by atoms with Crippen LogP contribution in [0.15, 0.2) is 40.8 Å². The van der Waals surface area contributed by atoms with E-state index in [4.69, 9.17) is 9.15 Å². The van der Waals surface area contributed by atoms with Crippen molar-refractivity contribution < 1.29 is 13.9 Å². The van der Waals surface area contributed by atoms with Crippen LogP contribution in [0.2, 0.25) is 0 Å². The average Bonchev–Trinajstić information content (AvgIpc) is 3.21. The minimum atomic E-state index is -0.318. The molecule has 126 valence electrons. The number of rotatable bonds is 3. The molecule has 1 atom stereocenters. The minimum Gasteiger partial charge on any atom is -0.461 e. The molecule has 0 aliphatic carbocycles. The Morgan fingerprint density at radius 2 is 2.08 bits per heavy atom. The van der Waals surface area contributed by atoms with Crippen molar-refractivity contribution in [2.45, 2.75) is 25.5 Å². The highest BCUT2D eigenvalue weighted by atomic mass is 16.6. The van der Waals surface area contributed by atoms with E-state index in [1.54, 1.807) is 11.9 Å². The number of benzene rings is 1. The fourth-order valence-electron chi connectivity index (χ4n) is 3.74. The van der Waals surface area contributed by atoms with Gasteiger partial charge >= 0.3 is 6.09 Å². The zero-order chi connectivity index (χ0) is 16.7. The van der Waals surface area contributed by atoms with E-state index in [1.165, 1.54) is 5.56 Å². The van der Waals surface area contributed by atoms with Crippen molar-refractivity contribution in [3.05, 3.63) is 47.7 Å². The predicted octanol–water partition coefficient (Wildman–Crippen LogP) is 3.28. The maximum absolute atomic E-state index is 11.7. The third-order valence-electron chi connectivity index (χ3n) is 4.89. The first kappa shape index (κ1) is 15.3. The second-order valence-corrected chi connectivity index (χ2v) is 6.98. The molecule has 1 aromatic carbocycles. The Balaban J connectivity index is 1.46. The van der Waals surface area contributed by atoms with Crippen molar-refractivity contribution in [1.82, 2.24) is 9.80 Å². The van der Waals surface area contributed by atoms with Gasteiger partial charge in [0.05, 0.1) is 6.54 Å². The summed E-state index contributed by atoms with van der Waals surface area (Å²) in [6.07, 6.45) is 0.701. The van der Waals surface area contributed by atoms with Crippen LogP contribution in [-0.2, 0) is 11.3 Å². The normalized spacial score (nSPS) is 24.1. The molecule has 1 spiro atoms. The highest BCUT2D eigenvalue weighted by Crippen LogP contribution is 2.32.